The zero-order chi connectivity index (χ0) is 12.4. The van der Waals surface area contributed by atoms with E-state index in [2.05, 4.69) is 5.32 Å². The molecule has 4 nitrogen and oxygen atoms in total. The number of rotatable bonds is 2. The van der Waals surface area contributed by atoms with Gasteiger partial charge in [-0.25, -0.2) is 0 Å². The maximum atomic E-state index is 11.9. The molecule has 4 heteroatoms. The van der Waals surface area contributed by atoms with Crippen molar-refractivity contribution >= 4 is 5.91 Å². The number of β-amino-alcohol motifs (C(OH)–C–C–N with tert-alkyl or cyclic N) is 1. The lowest BCUT2D eigenvalue weighted by atomic mass is 9.95. The fraction of sp³-hybridized carbons (Fsp3) is 0.917. The third-order valence-corrected chi connectivity index (χ3v) is 2.80. The normalized spacial score (nSPS) is 26.9. The first-order valence-corrected chi connectivity index (χ1v) is 5.95. The van der Waals surface area contributed by atoms with Crippen LogP contribution >= 0.6 is 0 Å². The van der Waals surface area contributed by atoms with Gasteiger partial charge in [0.15, 0.2) is 0 Å². The van der Waals surface area contributed by atoms with E-state index in [1.807, 2.05) is 20.8 Å². The van der Waals surface area contributed by atoms with Crippen LogP contribution in [-0.4, -0.2) is 46.7 Å². The summed E-state index contributed by atoms with van der Waals surface area (Å²) in [6.45, 7) is 9.47. The number of likely N-dealkylation sites (tertiary alicyclic amines) is 1. The molecule has 1 unspecified atom stereocenters. The Labute approximate surface area is 98.0 Å². The lowest BCUT2D eigenvalue weighted by molar-refractivity contribution is -0.136. The minimum atomic E-state index is -0.713. The first-order valence-electron chi connectivity index (χ1n) is 5.95. The minimum Gasteiger partial charge on any atom is -0.388 e. The van der Waals surface area contributed by atoms with Crippen molar-refractivity contribution in [2.75, 3.05) is 19.6 Å². The van der Waals surface area contributed by atoms with Crippen LogP contribution < -0.4 is 5.32 Å². The summed E-state index contributed by atoms with van der Waals surface area (Å²) in [7, 11) is 0. The van der Waals surface area contributed by atoms with E-state index in [1.165, 1.54) is 0 Å². The second kappa shape index (κ2) is 4.72. The number of aliphatic hydroxyl groups is 1. The molecule has 1 aliphatic rings. The first-order chi connectivity index (χ1) is 7.20. The van der Waals surface area contributed by atoms with Crippen LogP contribution in [0.3, 0.4) is 0 Å². The van der Waals surface area contributed by atoms with Crippen LogP contribution in [0.25, 0.3) is 0 Å². The topological polar surface area (TPSA) is 52.6 Å². The summed E-state index contributed by atoms with van der Waals surface area (Å²) < 4.78 is 0. The molecule has 16 heavy (non-hydrogen) atoms. The Morgan fingerprint density at radius 3 is 2.62 bits per heavy atom. The monoisotopic (exact) mass is 228 g/mol. The van der Waals surface area contributed by atoms with Gasteiger partial charge in [0.1, 0.15) is 0 Å². The van der Waals surface area contributed by atoms with Gasteiger partial charge in [0.05, 0.1) is 12.1 Å². The molecule has 1 amide bonds. The van der Waals surface area contributed by atoms with Crippen molar-refractivity contribution in [1.29, 1.82) is 0 Å². The molecule has 1 atom stereocenters. The standard InChI is InChI=1S/C12H24N2O2/c1-11(2,3)13-8-10(15)14-7-5-6-12(4,16)9-14/h13,16H,5-9H2,1-4H3. The second-order valence-electron chi connectivity index (χ2n) is 6.02. The lowest BCUT2D eigenvalue weighted by Crippen LogP contribution is -2.52. The van der Waals surface area contributed by atoms with Gasteiger partial charge in [-0.15, -0.1) is 0 Å². The first kappa shape index (κ1) is 13.5. The summed E-state index contributed by atoms with van der Waals surface area (Å²) in [5.41, 5.74) is -0.760. The zero-order valence-corrected chi connectivity index (χ0v) is 10.8. The van der Waals surface area contributed by atoms with Crippen molar-refractivity contribution < 1.29 is 9.90 Å². The molecule has 0 spiro atoms. The Morgan fingerprint density at radius 2 is 2.12 bits per heavy atom. The molecule has 0 radical (unpaired) electrons. The number of piperidine rings is 1. The van der Waals surface area contributed by atoms with Crippen molar-refractivity contribution in [3.05, 3.63) is 0 Å². The highest BCUT2D eigenvalue weighted by Gasteiger charge is 2.30. The van der Waals surface area contributed by atoms with Gasteiger partial charge < -0.3 is 15.3 Å². The van der Waals surface area contributed by atoms with Crippen molar-refractivity contribution in [3.8, 4) is 0 Å². The van der Waals surface area contributed by atoms with Gasteiger partial charge in [-0.1, -0.05) is 0 Å². The molecule has 1 fully saturated rings. The largest absolute Gasteiger partial charge is 0.388 e. The van der Waals surface area contributed by atoms with E-state index in [9.17, 15) is 9.90 Å². The molecule has 0 aliphatic carbocycles. The maximum Gasteiger partial charge on any atom is 0.236 e. The maximum absolute atomic E-state index is 11.9. The van der Waals surface area contributed by atoms with Gasteiger partial charge in [0, 0.05) is 18.6 Å². The highest BCUT2D eigenvalue weighted by Crippen LogP contribution is 2.20. The quantitative estimate of drug-likeness (QED) is 0.733. The van der Waals surface area contributed by atoms with Crippen LogP contribution in [0.2, 0.25) is 0 Å². The fourth-order valence-corrected chi connectivity index (χ4v) is 1.89. The SMILES string of the molecule is CC1(O)CCCN(C(=O)CNC(C)(C)C)C1. The lowest BCUT2D eigenvalue weighted by Gasteiger charge is -2.37. The van der Waals surface area contributed by atoms with Crippen molar-refractivity contribution in [2.24, 2.45) is 0 Å². The van der Waals surface area contributed by atoms with Crippen LogP contribution in [-0.2, 0) is 4.79 Å². The fourth-order valence-electron chi connectivity index (χ4n) is 1.89. The second-order valence-corrected chi connectivity index (χ2v) is 6.02. The van der Waals surface area contributed by atoms with Gasteiger partial charge in [-0.2, -0.15) is 0 Å². The molecular formula is C12H24N2O2. The molecule has 0 aromatic heterocycles. The van der Waals surface area contributed by atoms with E-state index in [0.29, 0.717) is 13.1 Å². The van der Waals surface area contributed by atoms with Crippen LogP contribution in [0.5, 0.6) is 0 Å². The average Bonchev–Trinajstić information content (AvgIpc) is 2.11. The number of amides is 1. The summed E-state index contributed by atoms with van der Waals surface area (Å²) in [5, 5.41) is 13.1. The third-order valence-electron chi connectivity index (χ3n) is 2.80. The average molecular weight is 228 g/mol. The summed E-state index contributed by atoms with van der Waals surface area (Å²) in [6, 6.07) is 0. The molecule has 0 saturated carbocycles. The van der Waals surface area contributed by atoms with Gasteiger partial charge in [-0.05, 0) is 40.5 Å². The molecule has 1 aliphatic heterocycles. The molecule has 1 saturated heterocycles. The van der Waals surface area contributed by atoms with Gasteiger partial charge in [0.25, 0.3) is 0 Å². The van der Waals surface area contributed by atoms with Crippen molar-refractivity contribution in [2.45, 2.75) is 51.7 Å². The molecule has 1 rings (SSSR count). The molecule has 0 aromatic carbocycles. The van der Waals surface area contributed by atoms with E-state index in [0.717, 1.165) is 19.4 Å². The Hall–Kier alpha value is -0.610. The number of nitrogens with zero attached hydrogens (tertiary/aromatic N) is 1. The Kier molecular flexibility index (Phi) is 3.97. The number of carbonyl (C=O) groups excluding carboxylic acids is 1. The van der Waals surface area contributed by atoms with Crippen LogP contribution in [0.15, 0.2) is 0 Å². The van der Waals surface area contributed by atoms with Crippen LogP contribution in [0.4, 0.5) is 0 Å². The summed E-state index contributed by atoms with van der Waals surface area (Å²) >= 11 is 0. The summed E-state index contributed by atoms with van der Waals surface area (Å²) in [5.74, 6) is 0.0786. The van der Waals surface area contributed by atoms with Crippen LogP contribution in [0.1, 0.15) is 40.5 Å². The zero-order valence-electron chi connectivity index (χ0n) is 10.8. The van der Waals surface area contributed by atoms with Crippen LogP contribution in [0, 0.1) is 0 Å². The number of hydrogen-bond donors (Lipinski definition) is 2. The number of carbonyl (C=O) groups is 1. The molecule has 0 bridgehead atoms. The highest BCUT2D eigenvalue weighted by molar-refractivity contribution is 5.78. The molecule has 94 valence electrons. The molecule has 0 aromatic rings. The van der Waals surface area contributed by atoms with E-state index in [4.69, 9.17) is 0 Å². The van der Waals surface area contributed by atoms with Gasteiger partial charge >= 0.3 is 0 Å². The number of nitrogens with one attached hydrogen (secondary N) is 1. The Balaban J connectivity index is 2.42. The molecule has 2 N–H and O–H groups in total. The minimum absolute atomic E-state index is 0.0477. The Bertz CT molecular complexity index is 256. The van der Waals surface area contributed by atoms with E-state index in [-0.39, 0.29) is 11.4 Å². The van der Waals surface area contributed by atoms with Crippen molar-refractivity contribution in [3.63, 3.8) is 0 Å². The van der Waals surface area contributed by atoms with E-state index < -0.39 is 5.60 Å². The predicted octanol–water partition coefficient (Wildman–Crippen LogP) is 0.748. The summed E-state index contributed by atoms with van der Waals surface area (Å²) in [4.78, 5) is 13.6. The third kappa shape index (κ3) is 4.49. The molecular weight excluding hydrogens is 204 g/mol. The summed E-state index contributed by atoms with van der Waals surface area (Å²) in [6.07, 6.45) is 1.66. The van der Waals surface area contributed by atoms with Crippen molar-refractivity contribution in [1.82, 2.24) is 10.2 Å². The van der Waals surface area contributed by atoms with Gasteiger partial charge in [-0.3, -0.25) is 4.79 Å². The van der Waals surface area contributed by atoms with E-state index >= 15 is 0 Å². The Morgan fingerprint density at radius 1 is 1.50 bits per heavy atom. The van der Waals surface area contributed by atoms with Gasteiger partial charge in [0.2, 0.25) is 5.91 Å². The molecule has 1 heterocycles. The smallest absolute Gasteiger partial charge is 0.236 e. The predicted molar refractivity (Wildman–Crippen MR) is 64.2 cm³/mol. The number of hydrogen-bond acceptors (Lipinski definition) is 3. The highest BCUT2D eigenvalue weighted by atomic mass is 16.3. The van der Waals surface area contributed by atoms with E-state index in [1.54, 1.807) is 11.8 Å².